The number of urea groups is 1. The Labute approximate surface area is 227 Å². The van der Waals surface area contributed by atoms with Crippen LogP contribution in [0.2, 0.25) is 0 Å². The van der Waals surface area contributed by atoms with Crippen LogP contribution in [0.3, 0.4) is 0 Å². The lowest BCUT2D eigenvalue weighted by Gasteiger charge is -2.13. The number of hydrogen-bond acceptors (Lipinski definition) is 8. The van der Waals surface area contributed by atoms with E-state index >= 15 is 0 Å². The molecule has 0 spiro atoms. The molecule has 2 fully saturated rings. The fraction of sp³-hybridized carbons (Fsp3) is 0.393. The Balaban J connectivity index is 0.000000519. The highest BCUT2D eigenvalue weighted by Crippen LogP contribution is 2.32. The number of oxazole rings is 1. The van der Waals surface area contributed by atoms with Crippen molar-refractivity contribution in [1.82, 2.24) is 15.6 Å². The molecule has 2 aliphatic rings. The highest BCUT2D eigenvalue weighted by Gasteiger charge is 2.19. The van der Waals surface area contributed by atoms with Crippen molar-refractivity contribution in [2.75, 3.05) is 44.0 Å². The summed E-state index contributed by atoms with van der Waals surface area (Å²) in [5.41, 5.74) is 2.73. The van der Waals surface area contributed by atoms with E-state index in [-0.39, 0.29) is 6.10 Å². The number of nitrogens with one attached hydrogen (secondary N) is 4. The van der Waals surface area contributed by atoms with Gasteiger partial charge in [-0.15, -0.1) is 0 Å². The molecule has 39 heavy (non-hydrogen) atoms. The van der Waals surface area contributed by atoms with E-state index in [9.17, 15) is 9.59 Å². The number of carbonyl (C=O) groups is 2. The van der Waals surface area contributed by atoms with Crippen LogP contribution in [0.1, 0.15) is 31.2 Å². The number of morpholine rings is 1. The smallest absolute Gasteiger partial charge is 0.407 e. The minimum atomic E-state index is -0.416. The van der Waals surface area contributed by atoms with Gasteiger partial charge in [0.1, 0.15) is 11.9 Å². The normalized spacial score (nSPS) is 15.0. The van der Waals surface area contributed by atoms with E-state index in [2.05, 4.69) is 26.3 Å². The zero-order valence-electron chi connectivity index (χ0n) is 22.0. The SMILES string of the molecule is C1COCCN1.COc1cc(NC(=O)Nc2cccc(CNC(=O)OC3CCCC3)c2)ccc1-c1cnco1. The van der Waals surface area contributed by atoms with E-state index in [1.807, 2.05) is 12.1 Å². The lowest BCUT2D eigenvalue weighted by atomic mass is 10.1. The van der Waals surface area contributed by atoms with Crippen LogP contribution in [0.25, 0.3) is 11.3 Å². The van der Waals surface area contributed by atoms with Crippen LogP contribution in [0.15, 0.2) is 59.5 Å². The van der Waals surface area contributed by atoms with Crippen molar-refractivity contribution in [2.24, 2.45) is 0 Å². The van der Waals surface area contributed by atoms with Gasteiger partial charge < -0.3 is 39.9 Å². The van der Waals surface area contributed by atoms with E-state index in [0.717, 1.165) is 63.1 Å². The van der Waals surface area contributed by atoms with Crippen molar-refractivity contribution in [2.45, 2.75) is 38.3 Å². The summed E-state index contributed by atoms with van der Waals surface area (Å²) in [4.78, 5) is 28.4. The molecule has 1 aliphatic heterocycles. The maximum absolute atomic E-state index is 12.5. The van der Waals surface area contributed by atoms with Gasteiger partial charge in [-0.3, -0.25) is 0 Å². The Hall–Kier alpha value is -4.09. The number of nitrogens with zero attached hydrogens (tertiary/aromatic N) is 1. The lowest BCUT2D eigenvalue weighted by Crippen LogP contribution is -2.30. The average molecular weight is 538 g/mol. The predicted octanol–water partition coefficient (Wildman–Crippen LogP) is 4.77. The van der Waals surface area contributed by atoms with E-state index in [0.29, 0.717) is 29.4 Å². The molecule has 3 aromatic rings. The third-order valence-electron chi connectivity index (χ3n) is 6.20. The maximum Gasteiger partial charge on any atom is 0.407 e. The van der Waals surface area contributed by atoms with Crippen LogP contribution in [0, 0.1) is 0 Å². The molecule has 208 valence electrons. The number of carbonyl (C=O) groups excluding carboxylic acids is 2. The quantitative estimate of drug-likeness (QED) is 0.338. The molecule has 0 unspecified atom stereocenters. The van der Waals surface area contributed by atoms with Gasteiger partial charge in [0, 0.05) is 37.1 Å². The molecule has 11 heteroatoms. The second kappa shape index (κ2) is 14.7. The summed E-state index contributed by atoms with van der Waals surface area (Å²) < 4.78 is 21.1. The fourth-order valence-electron chi connectivity index (χ4n) is 4.26. The minimum Gasteiger partial charge on any atom is -0.496 e. The summed E-state index contributed by atoms with van der Waals surface area (Å²) in [6, 6.07) is 12.1. The molecule has 4 N–H and O–H groups in total. The number of rotatable bonds is 7. The zero-order chi connectivity index (χ0) is 27.3. The van der Waals surface area contributed by atoms with E-state index < -0.39 is 12.1 Å². The standard InChI is InChI=1S/C24H26N4O5.C4H9NO/c1-31-21-12-18(9-10-20(21)22-14-25-15-32-22)28-23(29)27-17-6-4-5-16(11-17)13-26-24(30)33-19-7-2-3-8-19;1-3-6-4-2-5-1/h4-6,9-12,14-15,19H,2-3,7-8,13H2,1H3,(H,26,30)(H2,27,28,29);5H,1-4H2. The van der Waals surface area contributed by atoms with Crippen molar-refractivity contribution in [1.29, 1.82) is 0 Å². The first-order valence-corrected chi connectivity index (χ1v) is 13.1. The Morgan fingerprint density at radius 2 is 1.82 bits per heavy atom. The molecule has 2 heterocycles. The Kier molecular flexibility index (Phi) is 10.6. The zero-order valence-corrected chi connectivity index (χ0v) is 22.0. The largest absolute Gasteiger partial charge is 0.496 e. The van der Waals surface area contributed by atoms with Gasteiger partial charge >= 0.3 is 12.1 Å². The summed E-state index contributed by atoms with van der Waals surface area (Å²) in [6.07, 6.45) is 6.60. The average Bonchev–Trinajstić information content (AvgIpc) is 3.68. The van der Waals surface area contributed by atoms with Gasteiger partial charge in [0.15, 0.2) is 12.2 Å². The highest BCUT2D eigenvalue weighted by atomic mass is 16.6. The van der Waals surface area contributed by atoms with Gasteiger partial charge in [-0.25, -0.2) is 14.6 Å². The molecular formula is C28H35N5O6. The molecular weight excluding hydrogens is 502 g/mol. The highest BCUT2D eigenvalue weighted by molar-refractivity contribution is 6.00. The molecule has 0 radical (unpaired) electrons. The Bertz CT molecular complexity index is 1180. The van der Waals surface area contributed by atoms with Crippen LogP contribution in [-0.4, -0.2) is 56.6 Å². The summed E-state index contributed by atoms with van der Waals surface area (Å²) >= 11 is 0. The van der Waals surface area contributed by atoms with E-state index in [4.69, 9.17) is 18.6 Å². The summed E-state index contributed by atoms with van der Waals surface area (Å²) in [5, 5.41) is 11.5. The molecule has 11 nitrogen and oxygen atoms in total. The minimum absolute atomic E-state index is 0.0186. The molecule has 1 saturated heterocycles. The third-order valence-corrected chi connectivity index (χ3v) is 6.20. The number of hydrogen-bond donors (Lipinski definition) is 4. The van der Waals surface area contributed by atoms with Gasteiger partial charge in [-0.1, -0.05) is 12.1 Å². The fourth-order valence-corrected chi connectivity index (χ4v) is 4.26. The van der Waals surface area contributed by atoms with E-state index in [1.165, 1.54) is 6.39 Å². The van der Waals surface area contributed by atoms with E-state index in [1.54, 1.807) is 43.6 Å². The van der Waals surface area contributed by atoms with Crippen molar-refractivity contribution < 1.29 is 28.2 Å². The van der Waals surface area contributed by atoms with Gasteiger partial charge in [0.25, 0.3) is 0 Å². The number of benzene rings is 2. The molecule has 2 aromatic carbocycles. The maximum atomic E-state index is 12.5. The molecule has 1 saturated carbocycles. The van der Waals surface area contributed by atoms with Crippen molar-refractivity contribution >= 4 is 23.5 Å². The van der Waals surface area contributed by atoms with Gasteiger partial charge in [-0.05, 0) is 55.5 Å². The topological polar surface area (TPSA) is 136 Å². The Morgan fingerprint density at radius 1 is 1.05 bits per heavy atom. The molecule has 1 aromatic heterocycles. The second-order valence-electron chi connectivity index (χ2n) is 9.09. The predicted molar refractivity (Wildman–Crippen MR) is 147 cm³/mol. The lowest BCUT2D eigenvalue weighted by molar-refractivity contribution is 0.100. The monoisotopic (exact) mass is 537 g/mol. The van der Waals surface area contributed by atoms with Crippen molar-refractivity contribution in [3.63, 3.8) is 0 Å². The van der Waals surface area contributed by atoms with Crippen molar-refractivity contribution in [3.8, 4) is 17.1 Å². The number of amides is 3. The number of anilines is 2. The first-order chi connectivity index (χ1) is 19.1. The number of alkyl carbamates (subject to hydrolysis) is 1. The van der Waals surface area contributed by atoms with Crippen LogP contribution >= 0.6 is 0 Å². The Morgan fingerprint density at radius 3 is 2.46 bits per heavy atom. The number of ether oxygens (including phenoxy) is 3. The van der Waals surface area contributed by atoms with Crippen LogP contribution < -0.4 is 26.0 Å². The first kappa shape index (κ1) is 27.9. The van der Waals surface area contributed by atoms with Gasteiger partial charge in [0.2, 0.25) is 0 Å². The summed E-state index contributed by atoms with van der Waals surface area (Å²) in [6.45, 7) is 4.14. The molecule has 1 aliphatic carbocycles. The van der Waals surface area contributed by atoms with Crippen LogP contribution in [0.5, 0.6) is 5.75 Å². The number of methoxy groups -OCH3 is 1. The molecule has 3 amide bonds. The summed E-state index contributed by atoms with van der Waals surface area (Å²) in [7, 11) is 1.54. The molecule has 0 bridgehead atoms. The van der Waals surface area contributed by atoms with Gasteiger partial charge in [0.05, 0.1) is 32.1 Å². The van der Waals surface area contributed by atoms with Crippen LogP contribution in [0.4, 0.5) is 21.0 Å². The summed E-state index contributed by atoms with van der Waals surface area (Å²) in [5.74, 6) is 1.11. The first-order valence-electron chi connectivity index (χ1n) is 13.1. The van der Waals surface area contributed by atoms with Crippen molar-refractivity contribution in [3.05, 3.63) is 60.6 Å². The second-order valence-corrected chi connectivity index (χ2v) is 9.09. The molecule has 5 rings (SSSR count). The van der Waals surface area contributed by atoms with Gasteiger partial charge in [-0.2, -0.15) is 0 Å². The molecule has 0 atom stereocenters. The third kappa shape index (κ3) is 9.01. The van der Waals surface area contributed by atoms with Crippen LogP contribution in [-0.2, 0) is 16.0 Å². The number of aromatic nitrogens is 1.